The fraction of sp³-hybridized carbons (Fsp3) is 0.500. The van der Waals surface area contributed by atoms with E-state index >= 15 is 0 Å². The van der Waals surface area contributed by atoms with E-state index in [1.165, 1.54) is 0 Å². The van der Waals surface area contributed by atoms with Crippen LogP contribution in [-0.2, 0) is 17.8 Å². The number of methoxy groups -OCH3 is 1. The average molecular weight is 260 g/mol. The third-order valence-electron chi connectivity index (χ3n) is 2.07. The monoisotopic (exact) mass is 259 g/mol. The van der Waals surface area contributed by atoms with Gasteiger partial charge >= 0.3 is 0 Å². The van der Waals surface area contributed by atoms with E-state index in [-0.39, 0.29) is 12.4 Å². The summed E-state index contributed by atoms with van der Waals surface area (Å²) in [7, 11) is 1.64. The highest BCUT2D eigenvalue weighted by Gasteiger charge is 2.06. The summed E-state index contributed by atoms with van der Waals surface area (Å²) in [6.45, 7) is 1.68. The zero-order chi connectivity index (χ0) is 11.4. The molecule has 17 heavy (non-hydrogen) atoms. The smallest absolute Gasteiger partial charge is 0.172 e. The van der Waals surface area contributed by atoms with Crippen molar-refractivity contribution in [3.05, 3.63) is 18.2 Å². The Morgan fingerprint density at radius 3 is 2.94 bits per heavy atom. The predicted octanol–water partition coefficient (Wildman–Crippen LogP) is -0.432. The number of aromatic nitrogens is 6. The highest BCUT2D eigenvalue weighted by atomic mass is 35.5. The van der Waals surface area contributed by atoms with E-state index in [9.17, 15) is 0 Å². The molecule has 0 aromatic carbocycles. The van der Waals surface area contributed by atoms with Gasteiger partial charge in [-0.1, -0.05) is 0 Å². The molecule has 0 fully saturated rings. The minimum Gasteiger partial charge on any atom is -0.396 e. The van der Waals surface area contributed by atoms with Gasteiger partial charge in [-0.25, -0.2) is 4.68 Å². The number of nitrogen functional groups attached to an aromatic ring is 1. The second-order valence-electron chi connectivity index (χ2n) is 3.28. The van der Waals surface area contributed by atoms with Gasteiger partial charge in [0.1, 0.15) is 6.54 Å². The topological polar surface area (TPSA) is 96.7 Å². The summed E-state index contributed by atoms with van der Waals surface area (Å²) >= 11 is 0. The molecule has 0 aliphatic carbocycles. The van der Waals surface area contributed by atoms with E-state index < -0.39 is 0 Å². The first-order valence-electron chi connectivity index (χ1n) is 4.81. The van der Waals surface area contributed by atoms with Crippen LogP contribution in [-0.4, -0.2) is 43.7 Å². The molecule has 2 aromatic rings. The fourth-order valence-electron chi connectivity index (χ4n) is 1.30. The molecule has 0 radical (unpaired) electrons. The number of halogens is 1. The summed E-state index contributed by atoms with van der Waals surface area (Å²) in [4.78, 5) is 0. The number of nitrogens with zero attached hydrogens (tertiary/aromatic N) is 6. The number of ether oxygens (including phenoxy) is 1. The van der Waals surface area contributed by atoms with Crippen LogP contribution < -0.4 is 5.73 Å². The van der Waals surface area contributed by atoms with Gasteiger partial charge in [-0.2, -0.15) is 5.10 Å². The maximum absolute atomic E-state index is 5.56. The van der Waals surface area contributed by atoms with Gasteiger partial charge < -0.3 is 10.5 Å². The van der Waals surface area contributed by atoms with Gasteiger partial charge in [-0.3, -0.25) is 4.68 Å². The number of hydrogen-bond acceptors (Lipinski definition) is 6. The van der Waals surface area contributed by atoms with Gasteiger partial charge in [0.15, 0.2) is 5.82 Å². The van der Waals surface area contributed by atoms with E-state index in [4.69, 9.17) is 10.5 Å². The second kappa shape index (κ2) is 6.16. The standard InChI is InChI=1S/C8H13N7O.ClH/c1-16-3-2-15-8(11-12-13-15)6-14-5-7(9)4-10-14;/h4-5H,2-3,6,9H2,1H3;1H. The van der Waals surface area contributed by atoms with E-state index in [1.54, 1.807) is 28.9 Å². The van der Waals surface area contributed by atoms with Gasteiger partial charge in [-0.15, -0.1) is 17.5 Å². The molecule has 2 rings (SSSR count). The molecule has 8 nitrogen and oxygen atoms in total. The lowest BCUT2D eigenvalue weighted by atomic mass is 10.5. The van der Waals surface area contributed by atoms with Crippen LogP contribution in [0.15, 0.2) is 12.4 Å². The number of anilines is 1. The maximum atomic E-state index is 5.56. The molecule has 9 heteroatoms. The maximum Gasteiger partial charge on any atom is 0.172 e. The summed E-state index contributed by atoms with van der Waals surface area (Å²) in [5.41, 5.74) is 6.19. The van der Waals surface area contributed by atoms with Crippen LogP contribution in [0.25, 0.3) is 0 Å². The zero-order valence-electron chi connectivity index (χ0n) is 9.35. The number of rotatable bonds is 5. The van der Waals surface area contributed by atoms with Crippen molar-refractivity contribution < 1.29 is 4.74 Å². The Bertz CT molecular complexity index is 454. The van der Waals surface area contributed by atoms with E-state index in [0.717, 1.165) is 5.82 Å². The molecular weight excluding hydrogens is 246 g/mol. The first-order valence-corrected chi connectivity index (χ1v) is 4.81. The van der Waals surface area contributed by atoms with Gasteiger partial charge in [0.05, 0.1) is 25.0 Å². The van der Waals surface area contributed by atoms with Crippen LogP contribution in [0.1, 0.15) is 5.82 Å². The molecule has 0 bridgehead atoms. The van der Waals surface area contributed by atoms with Crippen LogP contribution in [0.4, 0.5) is 5.69 Å². The van der Waals surface area contributed by atoms with Gasteiger partial charge in [0.2, 0.25) is 0 Å². The normalized spacial score (nSPS) is 10.2. The van der Waals surface area contributed by atoms with Crippen molar-refractivity contribution in [2.24, 2.45) is 0 Å². The van der Waals surface area contributed by atoms with Gasteiger partial charge in [-0.05, 0) is 10.4 Å². The van der Waals surface area contributed by atoms with Crippen molar-refractivity contribution in [2.45, 2.75) is 13.1 Å². The molecule has 0 aliphatic rings. The first-order chi connectivity index (χ1) is 7.79. The molecule has 0 aliphatic heterocycles. The van der Waals surface area contributed by atoms with Crippen molar-refractivity contribution in [3.8, 4) is 0 Å². The number of tetrazole rings is 1. The molecule has 2 aromatic heterocycles. The Hall–Kier alpha value is -1.67. The molecule has 0 amide bonds. The summed E-state index contributed by atoms with van der Waals surface area (Å²) in [5.74, 6) is 0.722. The third kappa shape index (κ3) is 3.40. The molecule has 0 unspecified atom stereocenters. The largest absolute Gasteiger partial charge is 0.396 e. The predicted molar refractivity (Wildman–Crippen MR) is 62.7 cm³/mol. The number of nitrogens with two attached hydrogens (primary N) is 1. The average Bonchev–Trinajstić information content (AvgIpc) is 2.86. The quantitative estimate of drug-likeness (QED) is 0.783. The highest BCUT2D eigenvalue weighted by Crippen LogP contribution is 2.01. The zero-order valence-corrected chi connectivity index (χ0v) is 10.2. The molecule has 0 atom stereocenters. The minimum absolute atomic E-state index is 0. The third-order valence-corrected chi connectivity index (χ3v) is 2.07. The van der Waals surface area contributed by atoms with Crippen molar-refractivity contribution in [1.82, 2.24) is 30.0 Å². The summed E-state index contributed by atoms with van der Waals surface area (Å²) in [5, 5.41) is 15.5. The summed E-state index contributed by atoms with van der Waals surface area (Å²) in [6.07, 6.45) is 3.32. The van der Waals surface area contributed by atoms with Crippen LogP contribution >= 0.6 is 12.4 Å². The van der Waals surface area contributed by atoms with E-state index in [2.05, 4.69) is 20.6 Å². The molecular formula is C8H14ClN7O. The Morgan fingerprint density at radius 2 is 2.29 bits per heavy atom. The lowest BCUT2D eigenvalue weighted by Gasteiger charge is -2.03. The van der Waals surface area contributed by atoms with E-state index in [0.29, 0.717) is 25.4 Å². The SMILES string of the molecule is COCCn1nnnc1Cn1cc(N)cn1.Cl. The van der Waals surface area contributed by atoms with Crippen LogP contribution in [0.2, 0.25) is 0 Å². The summed E-state index contributed by atoms with van der Waals surface area (Å²) < 4.78 is 8.33. The summed E-state index contributed by atoms with van der Waals surface area (Å²) in [6, 6.07) is 0. The van der Waals surface area contributed by atoms with Gasteiger partial charge in [0, 0.05) is 13.3 Å². The Balaban J connectivity index is 0.00000144. The minimum atomic E-state index is 0. The van der Waals surface area contributed by atoms with Crippen LogP contribution in [0.3, 0.4) is 0 Å². The second-order valence-corrected chi connectivity index (χ2v) is 3.28. The molecule has 2 heterocycles. The van der Waals surface area contributed by atoms with Crippen LogP contribution in [0, 0.1) is 0 Å². The van der Waals surface area contributed by atoms with Crippen molar-refractivity contribution in [2.75, 3.05) is 19.5 Å². The fourth-order valence-corrected chi connectivity index (χ4v) is 1.30. The molecule has 2 N–H and O–H groups in total. The van der Waals surface area contributed by atoms with Crippen molar-refractivity contribution in [3.63, 3.8) is 0 Å². The molecule has 0 saturated heterocycles. The Labute approximate surface area is 104 Å². The molecule has 94 valence electrons. The Morgan fingerprint density at radius 1 is 1.47 bits per heavy atom. The lowest BCUT2D eigenvalue weighted by molar-refractivity contribution is 0.181. The molecule has 0 spiro atoms. The van der Waals surface area contributed by atoms with Crippen LogP contribution in [0.5, 0.6) is 0 Å². The van der Waals surface area contributed by atoms with E-state index in [1.807, 2.05) is 0 Å². The lowest BCUT2D eigenvalue weighted by Crippen LogP contribution is -2.13. The van der Waals surface area contributed by atoms with Crippen molar-refractivity contribution in [1.29, 1.82) is 0 Å². The Kier molecular flexibility index (Phi) is 4.85. The highest BCUT2D eigenvalue weighted by molar-refractivity contribution is 5.85. The van der Waals surface area contributed by atoms with Crippen molar-refractivity contribution >= 4 is 18.1 Å². The van der Waals surface area contributed by atoms with Gasteiger partial charge in [0.25, 0.3) is 0 Å². The molecule has 0 saturated carbocycles. The number of hydrogen-bond donors (Lipinski definition) is 1. The first kappa shape index (κ1) is 13.4.